The lowest BCUT2D eigenvalue weighted by Gasteiger charge is -2.39. The number of ether oxygens (including phenoxy) is 1. The minimum absolute atomic E-state index is 0.00745. The summed E-state index contributed by atoms with van der Waals surface area (Å²) in [5.41, 5.74) is 0. The first-order valence-corrected chi connectivity index (χ1v) is 6.23. The van der Waals surface area contributed by atoms with E-state index in [2.05, 4.69) is 12.2 Å². The van der Waals surface area contributed by atoms with E-state index in [4.69, 9.17) is 4.74 Å². The summed E-state index contributed by atoms with van der Waals surface area (Å²) < 4.78 is 5.16. The first kappa shape index (κ1) is 14.0. The molecule has 1 aliphatic heterocycles. The molecule has 1 fully saturated rings. The third kappa shape index (κ3) is 3.19. The second kappa shape index (κ2) is 6.59. The minimum atomic E-state index is -0.344. The highest BCUT2D eigenvalue weighted by Crippen LogP contribution is 2.17. The molecule has 0 aromatic carbocycles. The van der Waals surface area contributed by atoms with E-state index >= 15 is 0 Å². The molecule has 1 heterocycles. The SMILES string of the molecule is CCCC(COC)N1C(=O)CNC(=O)C1CC. The van der Waals surface area contributed by atoms with Gasteiger partial charge in [0.1, 0.15) is 6.04 Å². The number of methoxy groups -OCH3 is 1. The van der Waals surface area contributed by atoms with Crippen molar-refractivity contribution < 1.29 is 14.3 Å². The number of nitrogens with zero attached hydrogens (tertiary/aromatic N) is 1. The van der Waals surface area contributed by atoms with Gasteiger partial charge in [0.2, 0.25) is 11.8 Å². The molecular formula is C12H22N2O3. The van der Waals surface area contributed by atoms with Gasteiger partial charge in [-0.1, -0.05) is 20.3 Å². The Morgan fingerprint density at radius 2 is 2.18 bits per heavy atom. The molecule has 1 aliphatic rings. The van der Waals surface area contributed by atoms with Crippen molar-refractivity contribution in [1.29, 1.82) is 0 Å². The number of nitrogens with one attached hydrogen (secondary N) is 1. The number of hydrogen-bond acceptors (Lipinski definition) is 3. The molecule has 17 heavy (non-hydrogen) atoms. The van der Waals surface area contributed by atoms with Crippen LogP contribution in [0.15, 0.2) is 0 Å². The highest BCUT2D eigenvalue weighted by atomic mass is 16.5. The van der Waals surface area contributed by atoms with Crippen molar-refractivity contribution in [3.63, 3.8) is 0 Å². The van der Waals surface area contributed by atoms with Gasteiger partial charge in [0, 0.05) is 7.11 Å². The summed E-state index contributed by atoms with van der Waals surface area (Å²) in [6.07, 6.45) is 2.47. The van der Waals surface area contributed by atoms with Gasteiger partial charge in [-0.3, -0.25) is 9.59 Å². The second-order valence-electron chi connectivity index (χ2n) is 4.34. The molecule has 0 aliphatic carbocycles. The molecule has 0 bridgehead atoms. The van der Waals surface area contributed by atoms with Crippen LogP contribution in [0.3, 0.4) is 0 Å². The number of carbonyl (C=O) groups excluding carboxylic acids is 2. The Morgan fingerprint density at radius 3 is 2.71 bits per heavy atom. The summed E-state index contributed by atoms with van der Waals surface area (Å²) in [5, 5.41) is 2.63. The molecule has 0 radical (unpaired) electrons. The van der Waals surface area contributed by atoms with E-state index in [0.29, 0.717) is 13.0 Å². The Bertz CT molecular complexity index is 275. The molecule has 1 N–H and O–H groups in total. The van der Waals surface area contributed by atoms with Crippen LogP contribution in [0.25, 0.3) is 0 Å². The molecule has 2 unspecified atom stereocenters. The maximum absolute atomic E-state index is 12.0. The maximum atomic E-state index is 12.0. The van der Waals surface area contributed by atoms with Gasteiger partial charge < -0.3 is 15.0 Å². The highest BCUT2D eigenvalue weighted by molar-refractivity contribution is 5.94. The zero-order valence-corrected chi connectivity index (χ0v) is 10.9. The summed E-state index contributed by atoms with van der Waals surface area (Å²) in [6, 6.07) is -0.337. The smallest absolute Gasteiger partial charge is 0.243 e. The average Bonchev–Trinajstić information content (AvgIpc) is 2.31. The fourth-order valence-electron chi connectivity index (χ4n) is 2.34. The summed E-state index contributed by atoms with van der Waals surface area (Å²) in [5.74, 6) is -0.0590. The van der Waals surface area contributed by atoms with Crippen molar-refractivity contribution in [3.8, 4) is 0 Å². The molecule has 0 aromatic heterocycles. The molecule has 2 atom stereocenters. The van der Waals surface area contributed by atoms with Gasteiger partial charge in [-0.25, -0.2) is 0 Å². The molecule has 5 heteroatoms. The Hall–Kier alpha value is -1.10. The highest BCUT2D eigenvalue weighted by Gasteiger charge is 2.37. The number of carbonyl (C=O) groups is 2. The van der Waals surface area contributed by atoms with Crippen molar-refractivity contribution >= 4 is 11.8 Å². The van der Waals surface area contributed by atoms with E-state index in [1.807, 2.05) is 6.92 Å². The van der Waals surface area contributed by atoms with Gasteiger partial charge in [-0.15, -0.1) is 0 Å². The van der Waals surface area contributed by atoms with E-state index in [0.717, 1.165) is 12.8 Å². The van der Waals surface area contributed by atoms with Gasteiger partial charge in [0.05, 0.1) is 19.2 Å². The molecule has 0 spiro atoms. The predicted molar refractivity (Wildman–Crippen MR) is 64.5 cm³/mol. The first-order chi connectivity index (χ1) is 8.15. The Labute approximate surface area is 102 Å². The van der Waals surface area contributed by atoms with E-state index in [1.54, 1.807) is 12.0 Å². The standard InChI is InChI=1S/C12H22N2O3/c1-4-6-9(8-17-3)14-10(5-2)12(16)13-7-11(14)15/h9-10H,4-8H2,1-3H3,(H,13,16). The van der Waals surface area contributed by atoms with Crippen molar-refractivity contribution in [2.45, 2.75) is 45.2 Å². The van der Waals surface area contributed by atoms with Gasteiger partial charge in [0.15, 0.2) is 0 Å². The molecule has 2 amide bonds. The third-order valence-electron chi connectivity index (χ3n) is 3.10. The van der Waals surface area contributed by atoms with Crippen LogP contribution in [0, 0.1) is 0 Å². The zero-order chi connectivity index (χ0) is 12.8. The molecular weight excluding hydrogens is 220 g/mol. The van der Waals surface area contributed by atoms with Crippen LogP contribution in [0.4, 0.5) is 0 Å². The molecule has 5 nitrogen and oxygen atoms in total. The number of amides is 2. The molecule has 98 valence electrons. The summed E-state index contributed by atoms with van der Waals surface area (Å²) >= 11 is 0. The lowest BCUT2D eigenvalue weighted by Crippen LogP contribution is -2.62. The van der Waals surface area contributed by atoms with Crippen LogP contribution >= 0.6 is 0 Å². The molecule has 1 saturated heterocycles. The van der Waals surface area contributed by atoms with Gasteiger partial charge in [0.25, 0.3) is 0 Å². The summed E-state index contributed by atoms with van der Waals surface area (Å²) in [6.45, 7) is 4.59. The zero-order valence-electron chi connectivity index (χ0n) is 10.9. The summed E-state index contributed by atoms with van der Waals surface area (Å²) in [4.78, 5) is 25.4. The van der Waals surface area contributed by atoms with E-state index < -0.39 is 0 Å². The lowest BCUT2D eigenvalue weighted by molar-refractivity contribution is -0.150. The lowest BCUT2D eigenvalue weighted by atomic mass is 10.0. The van der Waals surface area contributed by atoms with Gasteiger partial charge in [-0.2, -0.15) is 0 Å². The molecule has 0 saturated carbocycles. The fraction of sp³-hybridized carbons (Fsp3) is 0.833. The Kier molecular flexibility index (Phi) is 5.41. The topological polar surface area (TPSA) is 58.6 Å². The quantitative estimate of drug-likeness (QED) is 0.739. The van der Waals surface area contributed by atoms with E-state index in [-0.39, 0.29) is 30.4 Å². The first-order valence-electron chi connectivity index (χ1n) is 6.23. The molecule has 0 aromatic rings. The van der Waals surface area contributed by atoms with E-state index in [9.17, 15) is 9.59 Å². The molecule has 1 rings (SSSR count). The van der Waals surface area contributed by atoms with Gasteiger partial charge >= 0.3 is 0 Å². The number of piperazine rings is 1. The monoisotopic (exact) mass is 242 g/mol. The predicted octanol–water partition coefficient (Wildman–Crippen LogP) is 0.539. The van der Waals surface area contributed by atoms with Crippen LogP contribution in [0.5, 0.6) is 0 Å². The third-order valence-corrected chi connectivity index (χ3v) is 3.10. The van der Waals surface area contributed by atoms with Crippen molar-refractivity contribution in [1.82, 2.24) is 10.2 Å². The minimum Gasteiger partial charge on any atom is -0.383 e. The number of hydrogen-bond donors (Lipinski definition) is 1. The van der Waals surface area contributed by atoms with Crippen molar-refractivity contribution in [2.24, 2.45) is 0 Å². The summed E-state index contributed by atoms with van der Waals surface area (Å²) in [7, 11) is 1.62. The van der Waals surface area contributed by atoms with Crippen LogP contribution in [0.1, 0.15) is 33.1 Å². The van der Waals surface area contributed by atoms with Gasteiger partial charge in [-0.05, 0) is 12.8 Å². The van der Waals surface area contributed by atoms with Crippen molar-refractivity contribution in [2.75, 3.05) is 20.3 Å². The van der Waals surface area contributed by atoms with Crippen LogP contribution < -0.4 is 5.32 Å². The maximum Gasteiger partial charge on any atom is 0.243 e. The fourth-order valence-corrected chi connectivity index (χ4v) is 2.34. The average molecular weight is 242 g/mol. The number of rotatable bonds is 6. The van der Waals surface area contributed by atoms with Crippen molar-refractivity contribution in [3.05, 3.63) is 0 Å². The largest absolute Gasteiger partial charge is 0.383 e. The van der Waals surface area contributed by atoms with Crippen LogP contribution in [0.2, 0.25) is 0 Å². The second-order valence-corrected chi connectivity index (χ2v) is 4.34. The van der Waals surface area contributed by atoms with E-state index in [1.165, 1.54) is 0 Å². The Balaban J connectivity index is 2.85. The van der Waals surface area contributed by atoms with Crippen LogP contribution in [-0.4, -0.2) is 49.1 Å². The Morgan fingerprint density at radius 1 is 1.47 bits per heavy atom. The van der Waals surface area contributed by atoms with Crippen LogP contribution in [-0.2, 0) is 14.3 Å². The normalized spacial score (nSPS) is 22.5.